The topological polar surface area (TPSA) is 52.9 Å². The molecular weight excluding hydrogens is 333 g/mol. The van der Waals surface area contributed by atoms with Crippen molar-refractivity contribution < 1.29 is 9.18 Å². The molecule has 3 aromatic rings. The molecule has 0 saturated carbocycles. The lowest BCUT2D eigenvalue weighted by Gasteiger charge is -2.36. The summed E-state index contributed by atoms with van der Waals surface area (Å²) in [5.74, 6) is 0.537. The molecule has 0 aliphatic carbocycles. The fourth-order valence-electron chi connectivity index (χ4n) is 3.43. The largest absolute Gasteiger partial charge is 0.351 e. The maximum atomic E-state index is 13.7. The van der Waals surface area contributed by atoms with Gasteiger partial charge >= 0.3 is 6.03 Å². The number of nitrogens with one attached hydrogen (secondary N) is 1. The van der Waals surface area contributed by atoms with Gasteiger partial charge in [-0.1, -0.05) is 0 Å². The van der Waals surface area contributed by atoms with Crippen LogP contribution in [0.15, 0.2) is 36.5 Å². The Kier molecular flexibility index (Phi) is 4.14. The van der Waals surface area contributed by atoms with E-state index in [9.17, 15) is 9.18 Å². The Labute approximate surface area is 151 Å². The number of anilines is 1. The number of piperazine rings is 1. The first-order valence-corrected chi connectivity index (χ1v) is 8.89. The zero-order chi connectivity index (χ0) is 18.3. The molecule has 0 spiro atoms. The Morgan fingerprint density at radius 3 is 2.65 bits per heavy atom. The average molecular weight is 355 g/mol. The summed E-state index contributed by atoms with van der Waals surface area (Å²) >= 11 is 0. The number of aromatic nitrogens is 2. The number of hydrogen-bond acceptors (Lipinski definition) is 3. The van der Waals surface area contributed by atoms with E-state index in [1.54, 1.807) is 6.07 Å². The number of carbonyl (C=O) groups is 1. The highest BCUT2D eigenvalue weighted by atomic mass is 19.1. The molecule has 2 amide bonds. The Hall–Kier alpha value is -2.83. The van der Waals surface area contributed by atoms with Gasteiger partial charge in [0.2, 0.25) is 0 Å². The molecule has 1 aromatic carbocycles. The number of amides is 2. The lowest BCUT2D eigenvalue weighted by atomic mass is 10.2. The minimum atomic E-state index is -0.294. The van der Waals surface area contributed by atoms with Crippen LogP contribution in [0.4, 0.5) is 15.0 Å². The van der Waals surface area contributed by atoms with Gasteiger partial charge in [-0.3, -0.25) is 0 Å². The van der Waals surface area contributed by atoms with Gasteiger partial charge in [0.15, 0.2) is 5.82 Å². The molecule has 0 unspecified atom stereocenters. The summed E-state index contributed by atoms with van der Waals surface area (Å²) in [6.45, 7) is 6.56. The van der Waals surface area contributed by atoms with E-state index in [4.69, 9.17) is 4.98 Å². The Balaban J connectivity index is 1.63. The molecule has 1 N–H and O–H groups in total. The van der Waals surface area contributed by atoms with Crippen LogP contribution in [0.5, 0.6) is 0 Å². The first-order valence-electron chi connectivity index (χ1n) is 8.89. The molecule has 26 heavy (non-hydrogen) atoms. The van der Waals surface area contributed by atoms with Crippen LogP contribution in [-0.4, -0.2) is 52.5 Å². The summed E-state index contributed by atoms with van der Waals surface area (Å²) in [6, 6.07) is 8.75. The molecule has 7 heteroatoms. The second kappa shape index (κ2) is 6.48. The summed E-state index contributed by atoms with van der Waals surface area (Å²) in [5, 5.41) is 2.93. The normalized spacial score (nSPS) is 15.2. The number of fused-ring (bicyclic) bond motifs is 3. The minimum absolute atomic E-state index is 0.0268. The van der Waals surface area contributed by atoms with Crippen molar-refractivity contribution in [2.45, 2.75) is 19.9 Å². The molecule has 0 atom stereocenters. The second-order valence-corrected chi connectivity index (χ2v) is 6.91. The van der Waals surface area contributed by atoms with E-state index in [1.807, 2.05) is 41.5 Å². The van der Waals surface area contributed by atoms with Crippen molar-refractivity contribution in [1.82, 2.24) is 19.6 Å². The van der Waals surface area contributed by atoms with Gasteiger partial charge in [-0.2, -0.15) is 0 Å². The second-order valence-electron chi connectivity index (χ2n) is 6.91. The van der Waals surface area contributed by atoms with Crippen LogP contribution in [0.25, 0.3) is 16.6 Å². The van der Waals surface area contributed by atoms with E-state index >= 15 is 0 Å². The van der Waals surface area contributed by atoms with Gasteiger partial charge in [0, 0.05) is 44.5 Å². The van der Waals surface area contributed by atoms with Crippen LogP contribution < -0.4 is 10.2 Å². The van der Waals surface area contributed by atoms with E-state index < -0.39 is 0 Å². The molecule has 0 radical (unpaired) electrons. The van der Waals surface area contributed by atoms with Crippen molar-refractivity contribution in [3.05, 3.63) is 42.3 Å². The number of rotatable bonds is 2. The van der Waals surface area contributed by atoms with Gasteiger partial charge in [-0.25, -0.2) is 14.2 Å². The van der Waals surface area contributed by atoms with Crippen LogP contribution in [0.3, 0.4) is 0 Å². The summed E-state index contributed by atoms with van der Waals surface area (Å²) in [4.78, 5) is 20.9. The molecular formula is C19H22FN5O. The quantitative estimate of drug-likeness (QED) is 0.769. The third kappa shape index (κ3) is 2.94. The van der Waals surface area contributed by atoms with Crippen LogP contribution in [0, 0.1) is 5.82 Å². The van der Waals surface area contributed by atoms with Crippen molar-refractivity contribution in [1.29, 1.82) is 0 Å². The number of carbonyl (C=O) groups excluding carboxylic acids is 1. The van der Waals surface area contributed by atoms with Crippen molar-refractivity contribution >= 4 is 28.4 Å². The van der Waals surface area contributed by atoms with Crippen molar-refractivity contribution in [3.8, 4) is 0 Å². The third-order valence-electron chi connectivity index (χ3n) is 4.68. The number of nitrogens with zero attached hydrogens (tertiary/aromatic N) is 4. The smallest absolute Gasteiger partial charge is 0.317 e. The minimum Gasteiger partial charge on any atom is -0.351 e. The Morgan fingerprint density at radius 1 is 1.15 bits per heavy atom. The van der Waals surface area contributed by atoms with Crippen LogP contribution in [-0.2, 0) is 0 Å². The van der Waals surface area contributed by atoms with Gasteiger partial charge in [-0.05, 0) is 38.1 Å². The lowest BCUT2D eigenvalue weighted by Crippen LogP contribution is -2.53. The zero-order valence-corrected chi connectivity index (χ0v) is 14.9. The molecule has 1 aliphatic rings. The summed E-state index contributed by atoms with van der Waals surface area (Å²) < 4.78 is 15.7. The first-order chi connectivity index (χ1) is 12.5. The number of benzene rings is 1. The molecule has 2 aromatic heterocycles. The van der Waals surface area contributed by atoms with Crippen LogP contribution in [0.2, 0.25) is 0 Å². The average Bonchev–Trinajstić information content (AvgIpc) is 3.10. The predicted octanol–water partition coefficient (Wildman–Crippen LogP) is 2.87. The highest BCUT2D eigenvalue weighted by molar-refractivity contribution is 5.85. The SMILES string of the molecule is CC(C)NC(=O)N1CCN(c2nc3cc(F)ccc3n3cccc23)CC1. The van der Waals surface area contributed by atoms with E-state index in [-0.39, 0.29) is 17.9 Å². The Morgan fingerprint density at radius 2 is 1.92 bits per heavy atom. The van der Waals surface area contributed by atoms with E-state index in [2.05, 4.69) is 10.2 Å². The first kappa shape index (κ1) is 16.6. The van der Waals surface area contributed by atoms with Gasteiger partial charge < -0.3 is 19.5 Å². The van der Waals surface area contributed by atoms with Gasteiger partial charge in [0.05, 0.1) is 16.6 Å². The fraction of sp³-hybridized carbons (Fsp3) is 0.368. The maximum absolute atomic E-state index is 13.7. The molecule has 1 saturated heterocycles. The van der Waals surface area contributed by atoms with Crippen LogP contribution >= 0.6 is 0 Å². The summed E-state index contributed by atoms with van der Waals surface area (Å²) in [6.07, 6.45) is 1.97. The molecule has 136 valence electrons. The lowest BCUT2D eigenvalue weighted by molar-refractivity contribution is 0.192. The molecule has 0 bridgehead atoms. The third-order valence-corrected chi connectivity index (χ3v) is 4.68. The summed E-state index contributed by atoms with van der Waals surface area (Å²) in [7, 11) is 0. The number of hydrogen-bond donors (Lipinski definition) is 1. The van der Waals surface area contributed by atoms with Crippen molar-refractivity contribution in [2.75, 3.05) is 31.1 Å². The predicted molar refractivity (Wildman–Crippen MR) is 100 cm³/mol. The fourth-order valence-corrected chi connectivity index (χ4v) is 3.43. The van der Waals surface area contributed by atoms with Gasteiger partial charge in [-0.15, -0.1) is 0 Å². The zero-order valence-electron chi connectivity index (χ0n) is 14.9. The van der Waals surface area contributed by atoms with E-state index in [0.717, 1.165) is 16.9 Å². The maximum Gasteiger partial charge on any atom is 0.317 e. The van der Waals surface area contributed by atoms with E-state index in [1.165, 1.54) is 12.1 Å². The molecule has 1 fully saturated rings. The van der Waals surface area contributed by atoms with Gasteiger partial charge in [0.1, 0.15) is 5.82 Å². The van der Waals surface area contributed by atoms with Crippen molar-refractivity contribution in [2.24, 2.45) is 0 Å². The molecule has 6 nitrogen and oxygen atoms in total. The molecule has 1 aliphatic heterocycles. The highest BCUT2D eigenvalue weighted by Gasteiger charge is 2.24. The number of halogens is 1. The van der Waals surface area contributed by atoms with Gasteiger partial charge in [0.25, 0.3) is 0 Å². The van der Waals surface area contributed by atoms with Crippen LogP contribution in [0.1, 0.15) is 13.8 Å². The van der Waals surface area contributed by atoms with E-state index in [0.29, 0.717) is 31.7 Å². The number of urea groups is 1. The monoisotopic (exact) mass is 355 g/mol. The standard InChI is InChI=1S/C19H22FN5O/c1-13(2)21-19(26)24-10-8-23(9-11-24)18-17-4-3-7-25(17)16-6-5-14(20)12-15(16)22-18/h3-7,12-13H,8-11H2,1-2H3,(H,21,26). The molecule has 3 heterocycles. The molecule has 4 rings (SSSR count). The highest BCUT2D eigenvalue weighted by Crippen LogP contribution is 2.26. The Bertz CT molecular complexity index is 959. The summed E-state index contributed by atoms with van der Waals surface area (Å²) in [5.41, 5.74) is 2.50. The van der Waals surface area contributed by atoms with Crippen molar-refractivity contribution in [3.63, 3.8) is 0 Å².